The van der Waals surface area contributed by atoms with Gasteiger partial charge in [0.05, 0.1) is 35.8 Å². The molecule has 1 fully saturated rings. The van der Waals surface area contributed by atoms with Crippen molar-refractivity contribution in [2.24, 2.45) is 0 Å². The van der Waals surface area contributed by atoms with Crippen LogP contribution >= 0.6 is 11.8 Å². The van der Waals surface area contributed by atoms with Crippen LogP contribution in [0.4, 0.5) is 4.39 Å². The number of fused-ring (bicyclic) bond motifs is 1. The molecule has 0 aliphatic heterocycles. The summed E-state index contributed by atoms with van der Waals surface area (Å²) in [5.41, 5.74) is 2.68. The fourth-order valence-corrected chi connectivity index (χ4v) is 6.32. The first-order valence-electron chi connectivity index (χ1n) is 11.4. The minimum absolute atomic E-state index is 0.00871. The first-order chi connectivity index (χ1) is 17.2. The highest BCUT2D eigenvalue weighted by molar-refractivity contribution is 7.99. The Labute approximate surface area is 212 Å². The molecule has 0 unspecified atom stereocenters. The number of halogens is 1. The molecule has 0 aromatic carbocycles. The Morgan fingerprint density at radius 1 is 1.17 bits per heavy atom. The number of sulfonamides is 1. The maximum Gasteiger partial charge on any atom is 0.211 e. The lowest BCUT2D eigenvalue weighted by Crippen LogP contribution is -2.39. The average molecular weight is 526 g/mol. The molecule has 12 heteroatoms. The molecule has 1 aliphatic carbocycles. The Morgan fingerprint density at radius 2 is 1.94 bits per heavy atom. The van der Waals surface area contributed by atoms with Crippen molar-refractivity contribution >= 4 is 27.3 Å². The van der Waals surface area contributed by atoms with Gasteiger partial charge in [-0.3, -0.25) is 4.68 Å². The van der Waals surface area contributed by atoms with Crippen molar-refractivity contribution < 1.29 is 12.8 Å². The molecule has 1 saturated carbocycles. The summed E-state index contributed by atoms with van der Waals surface area (Å²) in [6.45, 7) is 0. The van der Waals surface area contributed by atoms with E-state index >= 15 is 0 Å². The Balaban J connectivity index is 1.43. The zero-order chi connectivity index (χ0) is 25.4. The van der Waals surface area contributed by atoms with E-state index in [-0.39, 0.29) is 17.1 Å². The lowest BCUT2D eigenvalue weighted by Gasteiger charge is -2.33. The van der Waals surface area contributed by atoms with Crippen LogP contribution in [0.5, 0.6) is 0 Å². The Bertz CT molecular complexity index is 1570. The van der Waals surface area contributed by atoms with Gasteiger partial charge >= 0.3 is 0 Å². The van der Waals surface area contributed by atoms with Crippen LogP contribution in [0, 0.1) is 17.1 Å². The summed E-state index contributed by atoms with van der Waals surface area (Å²) >= 11 is 1.15. The molecule has 0 radical (unpaired) electrons. The fraction of sp³-hybridized carbons (Fsp3) is 0.333. The van der Waals surface area contributed by atoms with Gasteiger partial charge in [-0.05, 0) is 43.9 Å². The standard InChI is InChI=1S/C24H24FN7O2S2/c1-30(36(2,33)34)19-5-7-20(8-6-19)31-15-18(13-28-31)16-10-22(35-24-21(25)4-3-9-27-24)23-17(11-26)12-29-32(23)14-16/h3-4,9-10,12-15,19-20H,5-8H2,1-2H3. The van der Waals surface area contributed by atoms with Crippen molar-refractivity contribution in [2.45, 2.75) is 47.7 Å². The summed E-state index contributed by atoms with van der Waals surface area (Å²) in [5, 5.41) is 18.7. The number of pyridine rings is 2. The fourth-order valence-electron chi connectivity index (χ4n) is 4.60. The summed E-state index contributed by atoms with van der Waals surface area (Å²) in [6, 6.07) is 7.12. The second kappa shape index (κ2) is 9.65. The van der Waals surface area contributed by atoms with Crippen molar-refractivity contribution in [2.75, 3.05) is 13.3 Å². The summed E-state index contributed by atoms with van der Waals surface area (Å²) in [6.07, 6.45) is 13.0. The maximum absolute atomic E-state index is 14.3. The number of aromatic nitrogens is 5. The Hall–Kier alpha value is -3.27. The molecule has 36 heavy (non-hydrogen) atoms. The molecule has 0 N–H and O–H groups in total. The summed E-state index contributed by atoms with van der Waals surface area (Å²) < 4.78 is 43.1. The molecule has 5 rings (SSSR count). The molecular weight excluding hydrogens is 501 g/mol. The molecule has 0 saturated heterocycles. The van der Waals surface area contributed by atoms with E-state index in [0.29, 0.717) is 16.0 Å². The van der Waals surface area contributed by atoms with E-state index in [1.54, 1.807) is 17.8 Å². The van der Waals surface area contributed by atoms with Gasteiger partial charge in [0, 0.05) is 47.7 Å². The molecule has 186 valence electrons. The highest BCUT2D eigenvalue weighted by Crippen LogP contribution is 2.37. The number of nitrogens with zero attached hydrogens (tertiary/aromatic N) is 7. The quantitative estimate of drug-likeness (QED) is 0.372. The molecule has 0 bridgehead atoms. The molecule has 4 aromatic rings. The van der Waals surface area contributed by atoms with Crippen molar-refractivity contribution in [1.29, 1.82) is 5.26 Å². The van der Waals surface area contributed by atoms with E-state index in [2.05, 4.69) is 21.3 Å². The minimum atomic E-state index is -3.21. The third-order valence-electron chi connectivity index (χ3n) is 6.64. The van der Waals surface area contributed by atoms with Crippen LogP contribution in [-0.4, -0.2) is 56.4 Å². The maximum atomic E-state index is 14.3. The van der Waals surface area contributed by atoms with Crippen LogP contribution in [0.25, 0.3) is 16.6 Å². The van der Waals surface area contributed by atoms with E-state index < -0.39 is 15.8 Å². The summed E-state index contributed by atoms with van der Waals surface area (Å²) in [7, 11) is -1.57. The highest BCUT2D eigenvalue weighted by Gasteiger charge is 2.29. The van der Waals surface area contributed by atoms with Gasteiger partial charge in [-0.1, -0.05) is 11.8 Å². The van der Waals surface area contributed by atoms with E-state index in [1.165, 1.54) is 35.1 Å². The highest BCUT2D eigenvalue weighted by atomic mass is 32.2. The van der Waals surface area contributed by atoms with Gasteiger partial charge in [-0.25, -0.2) is 26.6 Å². The molecule has 1 aliphatic rings. The molecular formula is C24H24FN7O2S2. The first-order valence-corrected chi connectivity index (χ1v) is 14.1. The average Bonchev–Trinajstić information content (AvgIpc) is 3.52. The monoisotopic (exact) mass is 525 g/mol. The smallest absolute Gasteiger partial charge is 0.211 e. The normalized spacial score (nSPS) is 18.5. The van der Waals surface area contributed by atoms with E-state index in [1.807, 2.05) is 23.1 Å². The van der Waals surface area contributed by atoms with Crippen molar-refractivity contribution in [3.63, 3.8) is 0 Å². The molecule has 0 amide bonds. The number of hydrogen-bond acceptors (Lipinski definition) is 7. The molecule has 0 atom stereocenters. The van der Waals surface area contributed by atoms with Crippen molar-refractivity contribution in [1.82, 2.24) is 28.7 Å². The summed E-state index contributed by atoms with van der Waals surface area (Å²) in [4.78, 5) is 4.80. The topological polar surface area (TPSA) is 109 Å². The minimum Gasteiger partial charge on any atom is -0.269 e. The second-order valence-electron chi connectivity index (χ2n) is 8.90. The molecule has 4 heterocycles. The lowest BCUT2D eigenvalue weighted by molar-refractivity contribution is 0.229. The van der Waals surface area contributed by atoms with Gasteiger partial charge in [0.25, 0.3) is 0 Å². The Morgan fingerprint density at radius 3 is 2.64 bits per heavy atom. The van der Waals surface area contributed by atoms with Gasteiger partial charge in [0.1, 0.15) is 11.1 Å². The van der Waals surface area contributed by atoms with E-state index in [0.717, 1.165) is 48.6 Å². The van der Waals surface area contributed by atoms with Crippen molar-refractivity contribution in [3.05, 3.63) is 60.6 Å². The molecule has 4 aromatic heterocycles. The van der Waals surface area contributed by atoms with Crippen LogP contribution in [0.15, 0.2) is 59.1 Å². The van der Waals surface area contributed by atoms with Crippen LogP contribution in [-0.2, 0) is 10.0 Å². The largest absolute Gasteiger partial charge is 0.269 e. The number of rotatable bonds is 6. The van der Waals surface area contributed by atoms with Gasteiger partial charge < -0.3 is 0 Å². The second-order valence-corrected chi connectivity index (χ2v) is 12.0. The number of nitriles is 1. The summed E-state index contributed by atoms with van der Waals surface area (Å²) in [5.74, 6) is -0.436. The zero-order valence-corrected chi connectivity index (χ0v) is 21.4. The van der Waals surface area contributed by atoms with Gasteiger partial charge in [0.15, 0.2) is 5.82 Å². The third kappa shape index (κ3) is 4.74. The van der Waals surface area contributed by atoms with Gasteiger partial charge in [-0.2, -0.15) is 15.5 Å². The van der Waals surface area contributed by atoms with E-state index in [4.69, 9.17) is 0 Å². The SMILES string of the molecule is CN(C1CCC(n2cc(-c3cc(Sc4ncccc4F)c4c(C#N)cnn4c3)cn2)CC1)S(C)(=O)=O. The predicted octanol–water partition coefficient (Wildman–Crippen LogP) is 4.13. The third-order valence-corrected chi connectivity index (χ3v) is 9.01. The Kier molecular flexibility index (Phi) is 6.55. The van der Waals surface area contributed by atoms with Crippen LogP contribution in [0.2, 0.25) is 0 Å². The van der Waals surface area contributed by atoms with Gasteiger partial charge in [0.2, 0.25) is 10.0 Å². The van der Waals surface area contributed by atoms with E-state index in [9.17, 15) is 18.1 Å². The predicted molar refractivity (Wildman–Crippen MR) is 133 cm³/mol. The molecule has 0 spiro atoms. The molecule has 9 nitrogen and oxygen atoms in total. The van der Waals surface area contributed by atoms with Crippen molar-refractivity contribution in [3.8, 4) is 17.2 Å². The number of hydrogen-bond donors (Lipinski definition) is 0. The lowest BCUT2D eigenvalue weighted by atomic mass is 9.91. The van der Waals surface area contributed by atoms with Crippen LogP contribution < -0.4 is 0 Å². The van der Waals surface area contributed by atoms with Crippen LogP contribution in [0.3, 0.4) is 0 Å². The van der Waals surface area contributed by atoms with Crippen LogP contribution in [0.1, 0.15) is 37.3 Å². The zero-order valence-electron chi connectivity index (χ0n) is 19.7. The first kappa shape index (κ1) is 24.4. The van der Waals surface area contributed by atoms with Gasteiger partial charge in [-0.15, -0.1) is 0 Å².